The predicted octanol–water partition coefficient (Wildman–Crippen LogP) is 6.18. The van der Waals surface area contributed by atoms with Gasteiger partial charge in [0.15, 0.2) is 0 Å². The largest absolute Gasteiger partial charge is 0.458 e. The van der Waals surface area contributed by atoms with Crippen LogP contribution in [0.4, 0.5) is 0 Å². The van der Waals surface area contributed by atoms with E-state index in [1.165, 1.54) is 69.1 Å². The fourth-order valence-corrected chi connectivity index (χ4v) is 10.5. The number of cyclic esters (lactones) is 1. The maximum Gasteiger partial charge on any atom is 0.331 e. The molecule has 9 atom stereocenters. The second kappa shape index (κ2) is 8.63. The van der Waals surface area contributed by atoms with E-state index in [2.05, 4.69) is 51.5 Å². The van der Waals surface area contributed by atoms with Crippen LogP contribution in [0.2, 0.25) is 0 Å². The highest BCUT2D eigenvalue weighted by atomic mass is 32.2. The molecular weight excluding hydrogens is 414 g/mol. The molecular formula is C28H45NO2S. The molecule has 4 saturated carbocycles. The zero-order valence-electron chi connectivity index (χ0n) is 21.1. The molecule has 5 rings (SSSR count). The van der Waals surface area contributed by atoms with Gasteiger partial charge in [0.2, 0.25) is 0 Å². The second-order valence-corrected chi connectivity index (χ2v) is 14.0. The lowest BCUT2D eigenvalue weighted by Gasteiger charge is -2.61. The van der Waals surface area contributed by atoms with E-state index in [1.54, 1.807) is 0 Å². The third-order valence-corrected chi connectivity index (χ3v) is 12.8. The maximum absolute atomic E-state index is 11.7. The number of rotatable bonds is 5. The molecule has 1 aliphatic heterocycles. The number of hydrogen-bond donors (Lipinski definition) is 0. The van der Waals surface area contributed by atoms with Crippen molar-refractivity contribution in [1.29, 1.82) is 0 Å². The van der Waals surface area contributed by atoms with Crippen LogP contribution >= 0.6 is 11.8 Å². The minimum atomic E-state index is -0.108. The molecule has 1 heterocycles. The molecule has 0 saturated heterocycles. The summed E-state index contributed by atoms with van der Waals surface area (Å²) in [6, 6.07) is 0.672. The van der Waals surface area contributed by atoms with Gasteiger partial charge in [0.05, 0.1) is 0 Å². The summed E-state index contributed by atoms with van der Waals surface area (Å²) in [5.74, 6) is 5.39. The van der Waals surface area contributed by atoms with Crippen molar-refractivity contribution >= 4 is 17.7 Å². The number of hydrogen-bond acceptors (Lipinski definition) is 4. The highest BCUT2D eigenvalue weighted by Crippen LogP contribution is 2.68. The molecule has 4 fully saturated rings. The van der Waals surface area contributed by atoms with E-state index >= 15 is 0 Å². The lowest BCUT2D eigenvalue weighted by molar-refractivity contribution is -0.135. The fourth-order valence-electron chi connectivity index (χ4n) is 8.99. The SMILES string of the molecule is CC(CS[C@H]1CC[C@@]2(C)[C@@H](CC[C@@H]3[C@@H]2CC[C@]2(C)[C@@H](C4=CC(=O)OC4)CC[C@@H]32)C1)N(C)C. The summed E-state index contributed by atoms with van der Waals surface area (Å²) >= 11 is 2.26. The Morgan fingerprint density at radius 3 is 2.53 bits per heavy atom. The lowest BCUT2D eigenvalue weighted by atomic mass is 9.44. The first-order valence-corrected chi connectivity index (χ1v) is 14.4. The van der Waals surface area contributed by atoms with Gasteiger partial charge >= 0.3 is 5.97 Å². The Morgan fingerprint density at radius 1 is 1.06 bits per heavy atom. The van der Waals surface area contributed by atoms with Crippen molar-refractivity contribution in [1.82, 2.24) is 4.90 Å². The second-order valence-electron chi connectivity index (χ2n) is 12.7. The number of fused-ring (bicyclic) bond motifs is 5. The Morgan fingerprint density at radius 2 is 1.81 bits per heavy atom. The van der Waals surface area contributed by atoms with Gasteiger partial charge in [0.25, 0.3) is 0 Å². The van der Waals surface area contributed by atoms with Crippen LogP contribution in [0.15, 0.2) is 11.6 Å². The first-order valence-electron chi connectivity index (χ1n) is 13.4. The first-order chi connectivity index (χ1) is 15.2. The molecule has 0 bridgehead atoms. The van der Waals surface area contributed by atoms with Crippen LogP contribution in [0.3, 0.4) is 0 Å². The number of carbonyl (C=O) groups is 1. The van der Waals surface area contributed by atoms with E-state index in [0.29, 0.717) is 29.4 Å². The van der Waals surface area contributed by atoms with Gasteiger partial charge in [0, 0.05) is 23.1 Å². The van der Waals surface area contributed by atoms with Gasteiger partial charge in [-0.1, -0.05) is 13.8 Å². The van der Waals surface area contributed by atoms with Gasteiger partial charge in [-0.3, -0.25) is 0 Å². The fraction of sp³-hybridized carbons (Fsp3) is 0.893. The molecule has 0 radical (unpaired) electrons. The Labute approximate surface area is 200 Å². The Kier molecular flexibility index (Phi) is 6.27. The van der Waals surface area contributed by atoms with Gasteiger partial charge in [0.1, 0.15) is 6.61 Å². The lowest BCUT2D eigenvalue weighted by Crippen LogP contribution is -2.53. The van der Waals surface area contributed by atoms with E-state index in [4.69, 9.17) is 4.74 Å². The van der Waals surface area contributed by atoms with Crippen LogP contribution in [0.1, 0.15) is 78.6 Å². The van der Waals surface area contributed by atoms with E-state index in [-0.39, 0.29) is 5.97 Å². The van der Waals surface area contributed by atoms with Crippen molar-refractivity contribution in [2.45, 2.75) is 89.9 Å². The Balaban J connectivity index is 1.27. The van der Waals surface area contributed by atoms with Crippen LogP contribution < -0.4 is 0 Å². The molecule has 32 heavy (non-hydrogen) atoms. The summed E-state index contributed by atoms with van der Waals surface area (Å²) in [5, 5.41) is 0.878. The van der Waals surface area contributed by atoms with Gasteiger partial charge < -0.3 is 9.64 Å². The minimum Gasteiger partial charge on any atom is -0.458 e. The number of thioether (sulfide) groups is 1. The third kappa shape index (κ3) is 3.80. The minimum absolute atomic E-state index is 0.108. The summed E-state index contributed by atoms with van der Waals surface area (Å²) in [4.78, 5) is 14.1. The van der Waals surface area contributed by atoms with Gasteiger partial charge in [-0.2, -0.15) is 11.8 Å². The highest BCUT2D eigenvalue weighted by molar-refractivity contribution is 7.99. The van der Waals surface area contributed by atoms with Crippen LogP contribution in [0.25, 0.3) is 0 Å². The average molecular weight is 460 g/mol. The maximum atomic E-state index is 11.7. The number of esters is 1. The topological polar surface area (TPSA) is 29.5 Å². The number of ether oxygens (including phenoxy) is 1. The van der Waals surface area contributed by atoms with Gasteiger partial charge in [-0.25, -0.2) is 4.79 Å². The molecule has 5 aliphatic rings. The van der Waals surface area contributed by atoms with Crippen LogP contribution in [0.5, 0.6) is 0 Å². The monoisotopic (exact) mass is 459 g/mol. The molecule has 0 N–H and O–H groups in total. The van der Waals surface area contributed by atoms with Crippen molar-refractivity contribution in [3.8, 4) is 0 Å². The highest BCUT2D eigenvalue weighted by Gasteiger charge is 2.60. The van der Waals surface area contributed by atoms with Gasteiger partial charge in [-0.15, -0.1) is 0 Å². The molecule has 3 nitrogen and oxygen atoms in total. The third-order valence-electron chi connectivity index (χ3n) is 11.2. The normalized spacial score (nSPS) is 46.8. The summed E-state index contributed by atoms with van der Waals surface area (Å²) in [6.07, 6.45) is 14.5. The Bertz CT molecular complexity index is 765. The molecule has 1 unspecified atom stereocenters. The first kappa shape index (κ1) is 23.3. The summed E-state index contributed by atoms with van der Waals surface area (Å²) in [5.41, 5.74) is 2.26. The summed E-state index contributed by atoms with van der Waals surface area (Å²) in [6.45, 7) is 8.19. The van der Waals surface area contributed by atoms with Crippen LogP contribution in [-0.4, -0.2) is 48.6 Å². The number of carbonyl (C=O) groups excluding carboxylic acids is 1. The molecule has 0 spiro atoms. The molecule has 0 aromatic carbocycles. The molecule has 0 aromatic heterocycles. The standard InChI is InChI=1S/C28H45NO2S/c1-18(29(4)5)17-32-21-10-12-27(2)20(15-21)6-7-22-24-9-8-23(19-14-26(30)31-16-19)28(24,3)13-11-25(22)27/h14,18,20-25H,6-13,15-17H2,1-5H3/t18?,20-,21-,22-,23+,24-,25-,27-,28+/m0/s1. The zero-order valence-corrected chi connectivity index (χ0v) is 21.9. The molecule has 180 valence electrons. The van der Waals surface area contributed by atoms with E-state index in [0.717, 1.165) is 28.9 Å². The number of nitrogens with zero attached hydrogens (tertiary/aromatic N) is 1. The summed E-state index contributed by atoms with van der Waals surface area (Å²) in [7, 11) is 4.42. The van der Waals surface area contributed by atoms with Crippen molar-refractivity contribution in [2.24, 2.45) is 40.4 Å². The summed E-state index contributed by atoms with van der Waals surface area (Å²) < 4.78 is 5.32. The van der Waals surface area contributed by atoms with Crippen molar-refractivity contribution < 1.29 is 9.53 Å². The van der Waals surface area contributed by atoms with Crippen molar-refractivity contribution in [2.75, 3.05) is 26.5 Å². The zero-order chi connectivity index (χ0) is 22.7. The molecule has 0 amide bonds. The van der Waals surface area contributed by atoms with Crippen LogP contribution in [-0.2, 0) is 9.53 Å². The van der Waals surface area contributed by atoms with Crippen LogP contribution in [0, 0.1) is 40.4 Å². The van der Waals surface area contributed by atoms with Gasteiger partial charge in [-0.05, 0) is 125 Å². The quantitative estimate of drug-likeness (QED) is 0.459. The van der Waals surface area contributed by atoms with E-state index in [9.17, 15) is 4.79 Å². The molecule has 4 aliphatic carbocycles. The molecule has 0 aromatic rings. The Hall–Kier alpha value is -0.480. The molecule has 4 heteroatoms. The average Bonchev–Trinajstić information content (AvgIpc) is 3.34. The van der Waals surface area contributed by atoms with Crippen molar-refractivity contribution in [3.63, 3.8) is 0 Å². The van der Waals surface area contributed by atoms with Crippen molar-refractivity contribution in [3.05, 3.63) is 11.6 Å². The predicted molar refractivity (Wildman–Crippen MR) is 134 cm³/mol. The van der Waals surface area contributed by atoms with E-state index < -0.39 is 0 Å². The van der Waals surface area contributed by atoms with E-state index in [1.807, 2.05) is 6.08 Å². The smallest absolute Gasteiger partial charge is 0.331 e.